The Balaban J connectivity index is 2.05. The summed E-state index contributed by atoms with van der Waals surface area (Å²) >= 11 is 0.446. The molecule has 0 aromatic heterocycles. The number of hydrogen-bond acceptors (Lipinski definition) is 3. The lowest BCUT2D eigenvalue weighted by atomic mass is 10.2. The number of hydrogen-bond donors (Lipinski definition) is 1. The van der Waals surface area contributed by atoms with Gasteiger partial charge in [0.25, 0.3) is 11.7 Å². The molecule has 3 nitrogen and oxygen atoms in total. The molecule has 0 spiro atoms. The normalized spacial score (nSPS) is 10.5. The highest BCUT2D eigenvalue weighted by atomic mass is 32.2. The number of carbonyl (C=O) groups is 1. The fraction of sp³-hybridized carbons (Fsp3) is 0.133. The second kappa shape index (κ2) is 7.08. The number of nitrogens with one attached hydrogen (secondary N) is 1. The highest BCUT2D eigenvalue weighted by molar-refractivity contribution is 7.99. The fourth-order valence-corrected chi connectivity index (χ4v) is 2.19. The van der Waals surface area contributed by atoms with Gasteiger partial charge in [0.05, 0.1) is 7.11 Å². The lowest BCUT2D eigenvalue weighted by molar-refractivity contribution is 0.102. The summed E-state index contributed by atoms with van der Waals surface area (Å²) in [6, 6.07) is 13.0. The second-order valence-corrected chi connectivity index (χ2v) is 5.15. The third-order valence-corrected chi connectivity index (χ3v) is 3.39. The Morgan fingerprint density at radius 3 is 2.52 bits per heavy atom. The Labute approximate surface area is 125 Å². The first-order valence-corrected chi connectivity index (χ1v) is 6.97. The molecule has 21 heavy (non-hydrogen) atoms. The molecule has 0 radical (unpaired) electrons. The second-order valence-electron chi connectivity index (χ2n) is 4.09. The number of alkyl halides is 2. The molecule has 0 aliphatic rings. The van der Waals surface area contributed by atoms with Crippen LogP contribution in [-0.2, 0) is 0 Å². The molecule has 0 unspecified atom stereocenters. The van der Waals surface area contributed by atoms with E-state index in [1.165, 1.54) is 24.3 Å². The standard InChI is InChI=1S/C15H13F2NO2S/c1-20-12-4-2-3-11(9-12)18-14(19)10-5-7-13(8-6-10)21-15(16)17/h2-9,15H,1H3,(H,18,19). The Morgan fingerprint density at radius 1 is 1.19 bits per heavy atom. The van der Waals surface area contributed by atoms with Crippen LogP contribution in [0.2, 0.25) is 0 Å². The number of halogens is 2. The van der Waals surface area contributed by atoms with Crippen LogP contribution in [0.4, 0.5) is 14.5 Å². The molecule has 0 heterocycles. The third-order valence-electron chi connectivity index (χ3n) is 2.67. The van der Waals surface area contributed by atoms with Crippen molar-refractivity contribution in [2.75, 3.05) is 12.4 Å². The molecule has 1 N–H and O–H groups in total. The van der Waals surface area contributed by atoms with E-state index >= 15 is 0 Å². The van der Waals surface area contributed by atoms with Crippen LogP contribution in [0.1, 0.15) is 10.4 Å². The van der Waals surface area contributed by atoms with Gasteiger partial charge < -0.3 is 10.1 Å². The van der Waals surface area contributed by atoms with E-state index in [-0.39, 0.29) is 5.91 Å². The molecule has 1 amide bonds. The van der Waals surface area contributed by atoms with Crippen LogP contribution in [0.3, 0.4) is 0 Å². The monoisotopic (exact) mass is 309 g/mol. The maximum absolute atomic E-state index is 12.2. The van der Waals surface area contributed by atoms with E-state index in [2.05, 4.69) is 5.32 Å². The van der Waals surface area contributed by atoms with E-state index in [1.54, 1.807) is 31.4 Å². The van der Waals surface area contributed by atoms with Gasteiger partial charge in [-0.2, -0.15) is 8.78 Å². The molecule has 0 fully saturated rings. The summed E-state index contributed by atoms with van der Waals surface area (Å²) in [6.07, 6.45) is 0. The van der Waals surface area contributed by atoms with Gasteiger partial charge in [0.1, 0.15) is 5.75 Å². The van der Waals surface area contributed by atoms with Crippen LogP contribution in [0.15, 0.2) is 53.4 Å². The van der Waals surface area contributed by atoms with E-state index in [0.29, 0.717) is 33.7 Å². The number of methoxy groups -OCH3 is 1. The summed E-state index contributed by atoms with van der Waals surface area (Å²) < 4.78 is 29.5. The maximum Gasteiger partial charge on any atom is 0.288 e. The summed E-state index contributed by atoms with van der Waals surface area (Å²) in [5.41, 5.74) is 1.00. The van der Waals surface area contributed by atoms with Gasteiger partial charge in [0.15, 0.2) is 0 Å². The van der Waals surface area contributed by atoms with Crippen molar-refractivity contribution in [1.29, 1.82) is 0 Å². The van der Waals surface area contributed by atoms with Gasteiger partial charge in [0, 0.05) is 22.2 Å². The van der Waals surface area contributed by atoms with E-state index < -0.39 is 5.76 Å². The minimum Gasteiger partial charge on any atom is -0.497 e. The Bertz CT molecular complexity index is 617. The average Bonchev–Trinajstić information content (AvgIpc) is 2.47. The smallest absolute Gasteiger partial charge is 0.288 e. The quantitative estimate of drug-likeness (QED) is 0.839. The zero-order chi connectivity index (χ0) is 15.2. The van der Waals surface area contributed by atoms with Crippen molar-refractivity contribution in [2.45, 2.75) is 10.7 Å². The fourth-order valence-electron chi connectivity index (χ4n) is 1.69. The van der Waals surface area contributed by atoms with Gasteiger partial charge in [-0.25, -0.2) is 0 Å². The first kappa shape index (κ1) is 15.3. The van der Waals surface area contributed by atoms with Crippen LogP contribution < -0.4 is 10.1 Å². The number of ether oxygens (including phenoxy) is 1. The minimum absolute atomic E-state index is 0.308. The topological polar surface area (TPSA) is 38.3 Å². The molecule has 2 aromatic rings. The zero-order valence-electron chi connectivity index (χ0n) is 11.2. The number of carbonyl (C=O) groups excluding carboxylic acids is 1. The van der Waals surface area contributed by atoms with E-state index in [9.17, 15) is 13.6 Å². The van der Waals surface area contributed by atoms with Crippen LogP contribution in [0.5, 0.6) is 5.75 Å². The molecule has 0 atom stereocenters. The number of anilines is 1. The lowest BCUT2D eigenvalue weighted by Gasteiger charge is -2.07. The molecule has 2 rings (SSSR count). The molecule has 0 saturated carbocycles. The summed E-state index contributed by atoms with van der Waals surface area (Å²) in [7, 11) is 1.54. The lowest BCUT2D eigenvalue weighted by Crippen LogP contribution is -2.11. The Morgan fingerprint density at radius 2 is 1.90 bits per heavy atom. The van der Waals surface area contributed by atoms with Crippen molar-refractivity contribution in [3.05, 3.63) is 54.1 Å². The van der Waals surface area contributed by atoms with Crippen LogP contribution in [0, 0.1) is 0 Å². The van der Waals surface area contributed by atoms with Crippen molar-refractivity contribution < 1.29 is 18.3 Å². The van der Waals surface area contributed by atoms with Crippen LogP contribution in [-0.4, -0.2) is 18.8 Å². The van der Waals surface area contributed by atoms with Gasteiger partial charge in [0.2, 0.25) is 0 Å². The molecule has 2 aromatic carbocycles. The van der Waals surface area contributed by atoms with Gasteiger partial charge in [-0.05, 0) is 36.4 Å². The highest BCUT2D eigenvalue weighted by Gasteiger charge is 2.09. The summed E-state index contributed by atoms with van der Waals surface area (Å²) in [4.78, 5) is 12.5. The number of amides is 1. The average molecular weight is 309 g/mol. The minimum atomic E-state index is -2.47. The molecule has 0 aliphatic heterocycles. The number of benzene rings is 2. The van der Waals surface area contributed by atoms with Gasteiger partial charge in [-0.1, -0.05) is 17.8 Å². The Kier molecular flexibility index (Phi) is 5.16. The predicted octanol–water partition coefficient (Wildman–Crippen LogP) is 4.26. The van der Waals surface area contributed by atoms with Gasteiger partial charge in [-0.3, -0.25) is 4.79 Å². The van der Waals surface area contributed by atoms with Crippen molar-refractivity contribution in [2.24, 2.45) is 0 Å². The maximum atomic E-state index is 12.2. The Hall–Kier alpha value is -2.08. The van der Waals surface area contributed by atoms with Gasteiger partial charge in [-0.15, -0.1) is 0 Å². The molecule has 0 aliphatic carbocycles. The summed E-state index contributed by atoms with van der Waals surface area (Å²) in [5.74, 6) is -2.14. The van der Waals surface area contributed by atoms with E-state index in [1.807, 2.05) is 0 Å². The van der Waals surface area contributed by atoms with E-state index in [0.717, 1.165) is 0 Å². The predicted molar refractivity (Wildman–Crippen MR) is 79.3 cm³/mol. The molecular formula is C15H13F2NO2S. The van der Waals surface area contributed by atoms with E-state index in [4.69, 9.17) is 4.74 Å². The third kappa shape index (κ3) is 4.46. The number of thioether (sulfide) groups is 1. The van der Waals surface area contributed by atoms with Crippen LogP contribution in [0.25, 0.3) is 0 Å². The van der Waals surface area contributed by atoms with Crippen LogP contribution >= 0.6 is 11.8 Å². The zero-order valence-corrected chi connectivity index (χ0v) is 12.0. The molecular weight excluding hydrogens is 296 g/mol. The van der Waals surface area contributed by atoms with Crippen molar-refractivity contribution in [3.63, 3.8) is 0 Å². The molecule has 0 bridgehead atoms. The highest BCUT2D eigenvalue weighted by Crippen LogP contribution is 2.25. The molecule has 0 saturated heterocycles. The first-order valence-electron chi connectivity index (χ1n) is 6.09. The van der Waals surface area contributed by atoms with Crippen molar-refractivity contribution in [1.82, 2.24) is 0 Å². The van der Waals surface area contributed by atoms with Crippen molar-refractivity contribution >= 4 is 23.4 Å². The van der Waals surface area contributed by atoms with Crippen molar-refractivity contribution in [3.8, 4) is 5.75 Å². The molecule has 110 valence electrons. The summed E-state index contributed by atoms with van der Waals surface area (Å²) in [5, 5.41) is 2.72. The SMILES string of the molecule is COc1cccc(NC(=O)c2ccc(SC(F)F)cc2)c1. The number of rotatable bonds is 5. The molecule has 6 heteroatoms. The summed E-state index contributed by atoms with van der Waals surface area (Å²) in [6.45, 7) is 0. The first-order chi connectivity index (χ1) is 10.1. The largest absolute Gasteiger partial charge is 0.497 e. The van der Waals surface area contributed by atoms with Gasteiger partial charge >= 0.3 is 0 Å².